The van der Waals surface area contributed by atoms with Crippen molar-refractivity contribution < 1.29 is 13.9 Å². The fourth-order valence-corrected chi connectivity index (χ4v) is 2.10. The molecule has 2 atom stereocenters. The van der Waals surface area contributed by atoms with Crippen LogP contribution in [-0.2, 0) is 4.79 Å². The second-order valence-electron chi connectivity index (χ2n) is 4.69. The summed E-state index contributed by atoms with van der Waals surface area (Å²) in [6, 6.07) is 4.42. The molecular weight excluding hydrogens is 249 g/mol. The number of ether oxygens (including phenoxy) is 1. The van der Waals surface area contributed by atoms with Gasteiger partial charge in [0.15, 0.2) is 11.6 Å². The first-order chi connectivity index (χ1) is 9.02. The van der Waals surface area contributed by atoms with Gasteiger partial charge >= 0.3 is 0 Å². The zero-order valence-electron chi connectivity index (χ0n) is 11.2. The standard InChI is InChI=1S/C13H18FN3O2/c1-8-6-11(16-15-8)13(18)17(2)9-4-5-12(19-3)10(14)7-9/h4-5,7-8,11,15-16H,6H2,1-3H3. The molecule has 0 aromatic heterocycles. The fraction of sp³-hybridized carbons (Fsp3) is 0.462. The normalized spacial score (nSPS) is 22.3. The summed E-state index contributed by atoms with van der Waals surface area (Å²) in [5, 5.41) is 0. The van der Waals surface area contributed by atoms with Crippen molar-refractivity contribution in [1.29, 1.82) is 0 Å². The highest BCUT2D eigenvalue weighted by Gasteiger charge is 2.29. The van der Waals surface area contributed by atoms with E-state index in [0.29, 0.717) is 12.1 Å². The van der Waals surface area contributed by atoms with Gasteiger partial charge in [0, 0.05) is 24.8 Å². The molecule has 1 aliphatic heterocycles. The number of hydrogen-bond donors (Lipinski definition) is 2. The van der Waals surface area contributed by atoms with E-state index in [2.05, 4.69) is 10.9 Å². The summed E-state index contributed by atoms with van der Waals surface area (Å²) in [6.07, 6.45) is 0.710. The van der Waals surface area contributed by atoms with Crippen LogP contribution in [0.25, 0.3) is 0 Å². The van der Waals surface area contributed by atoms with Crippen LogP contribution in [0.2, 0.25) is 0 Å². The Morgan fingerprint density at radius 2 is 2.21 bits per heavy atom. The molecule has 1 aromatic rings. The Morgan fingerprint density at radius 3 is 2.74 bits per heavy atom. The highest BCUT2D eigenvalue weighted by molar-refractivity contribution is 5.96. The van der Waals surface area contributed by atoms with Crippen molar-refractivity contribution in [2.24, 2.45) is 0 Å². The van der Waals surface area contributed by atoms with E-state index >= 15 is 0 Å². The highest BCUT2D eigenvalue weighted by atomic mass is 19.1. The van der Waals surface area contributed by atoms with Crippen LogP contribution in [-0.4, -0.2) is 32.1 Å². The lowest BCUT2D eigenvalue weighted by molar-refractivity contribution is -0.120. The topological polar surface area (TPSA) is 53.6 Å². The van der Waals surface area contributed by atoms with Gasteiger partial charge in [-0.3, -0.25) is 10.2 Å². The van der Waals surface area contributed by atoms with Gasteiger partial charge in [0.1, 0.15) is 6.04 Å². The summed E-state index contributed by atoms with van der Waals surface area (Å²) in [5.41, 5.74) is 6.43. The molecule has 1 aromatic carbocycles. The van der Waals surface area contributed by atoms with E-state index in [4.69, 9.17) is 4.74 Å². The van der Waals surface area contributed by atoms with E-state index in [-0.39, 0.29) is 23.7 Å². The smallest absolute Gasteiger partial charge is 0.245 e. The number of benzene rings is 1. The van der Waals surface area contributed by atoms with Crippen LogP contribution in [0.1, 0.15) is 13.3 Å². The lowest BCUT2D eigenvalue weighted by atomic mass is 10.1. The molecule has 5 nitrogen and oxygen atoms in total. The van der Waals surface area contributed by atoms with Gasteiger partial charge in [-0.1, -0.05) is 0 Å². The van der Waals surface area contributed by atoms with Crippen molar-refractivity contribution in [3.05, 3.63) is 24.0 Å². The second kappa shape index (κ2) is 5.54. The molecule has 1 aliphatic rings. The van der Waals surface area contributed by atoms with Gasteiger partial charge in [-0.2, -0.15) is 0 Å². The number of hydrogen-bond acceptors (Lipinski definition) is 4. The Bertz CT molecular complexity index is 481. The van der Waals surface area contributed by atoms with Gasteiger partial charge in [0.25, 0.3) is 0 Å². The zero-order valence-corrected chi connectivity index (χ0v) is 11.2. The van der Waals surface area contributed by atoms with Gasteiger partial charge in [-0.25, -0.2) is 9.82 Å². The predicted octanol–water partition coefficient (Wildman–Crippen LogP) is 1.05. The second-order valence-corrected chi connectivity index (χ2v) is 4.69. The van der Waals surface area contributed by atoms with Crippen LogP contribution in [0.15, 0.2) is 18.2 Å². The van der Waals surface area contributed by atoms with Crippen molar-refractivity contribution in [3.63, 3.8) is 0 Å². The quantitative estimate of drug-likeness (QED) is 0.859. The predicted molar refractivity (Wildman–Crippen MR) is 70.5 cm³/mol. The van der Waals surface area contributed by atoms with Crippen molar-refractivity contribution in [3.8, 4) is 5.75 Å². The molecule has 0 aliphatic carbocycles. The molecule has 0 bridgehead atoms. The van der Waals surface area contributed by atoms with E-state index in [1.807, 2.05) is 6.92 Å². The third-order valence-corrected chi connectivity index (χ3v) is 3.24. The first kappa shape index (κ1) is 13.8. The molecular formula is C13H18FN3O2. The molecule has 104 valence electrons. The molecule has 2 rings (SSSR count). The summed E-state index contributed by atoms with van der Waals surface area (Å²) in [6.45, 7) is 1.99. The van der Waals surface area contributed by atoms with E-state index < -0.39 is 5.82 Å². The monoisotopic (exact) mass is 267 g/mol. The maximum Gasteiger partial charge on any atom is 0.245 e. The highest BCUT2D eigenvalue weighted by Crippen LogP contribution is 2.23. The van der Waals surface area contributed by atoms with Gasteiger partial charge in [-0.05, 0) is 25.5 Å². The number of nitrogens with one attached hydrogen (secondary N) is 2. The molecule has 0 spiro atoms. The first-order valence-electron chi connectivity index (χ1n) is 6.15. The van der Waals surface area contributed by atoms with Crippen molar-refractivity contribution in [1.82, 2.24) is 10.9 Å². The number of methoxy groups -OCH3 is 1. The Morgan fingerprint density at radius 1 is 1.47 bits per heavy atom. The average Bonchev–Trinajstić information content (AvgIpc) is 2.83. The molecule has 1 heterocycles. The third-order valence-electron chi connectivity index (χ3n) is 3.24. The lowest BCUT2D eigenvalue weighted by Crippen LogP contribution is -2.44. The zero-order chi connectivity index (χ0) is 14.0. The third kappa shape index (κ3) is 2.85. The molecule has 1 amide bonds. The molecule has 1 saturated heterocycles. The minimum atomic E-state index is -0.481. The number of carbonyl (C=O) groups is 1. The van der Waals surface area contributed by atoms with Crippen molar-refractivity contribution in [2.45, 2.75) is 25.4 Å². The molecule has 2 N–H and O–H groups in total. The number of amides is 1. The van der Waals surface area contributed by atoms with Gasteiger partial charge in [0.2, 0.25) is 5.91 Å². The van der Waals surface area contributed by atoms with Gasteiger partial charge in [-0.15, -0.1) is 0 Å². The summed E-state index contributed by atoms with van der Waals surface area (Å²) in [5.74, 6) is -0.411. The average molecular weight is 267 g/mol. The SMILES string of the molecule is COc1ccc(N(C)C(=O)C2CC(C)NN2)cc1F. The number of hydrazine groups is 1. The number of anilines is 1. The van der Waals surface area contributed by atoms with E-state index in [0.717, 1.165) is 0 Å². The number of rotatable bonds is 3. The molecule has 6 heteroatoms. The maximum atomic E-state index is 13.6. The summed E-state index contributed by atoms with van der Waals surface area (Å²) < 4.78 is 18.5. The van der Waals surface area contributed by atoms with Crippen LogP contribution < -0.4 is 20.5 Å². The van der Waals surface area contributed by atoms with Crippen LogP contribution in [0.5, 0.6) is 5.75 Å². The Labute approximate surface area is 111 Å². The fourth-order valence-electron chi connectivity index (χ4n) is 2.10. The lowest BCUT2D eigenvalue weighted by Gasteiger charge is -2.21. The van der Waals surface area contributed by atoms with Crippen LogP contribution in [0, 0.1) is 5.82 Å². The van der Waals surface area contributed by atoms with Gasteiger partial charge < -0.3 is 9.64 Å². The summed E-state index contributed by atoms with van der Waals surface area (Å²) in [4.78, 5) is 13.7. The van der Waals surface area contributed by atoms with E-state index in [9.17, 15) is 9.18 Å². The van der Waals surface area contributed by atoms with E-state index in [1.54, 1.807) is 13.1 Å². The number of halogens is 1. The molecule has 2 unspecified atom stereocenters. The molecule has 0 saturated carbocycles. The van der Waals surface area contributed by atoms with Gasteiger partial charge in [0.05, 0.1) is 7.11 Å². The first-order valence-corrected chi connectivity index (χ1v) is 6.15. The number of likely N-dealkylation sites (N-methyl/N-ethyl adjacent to an activating group) is 1. The maximum absolute atomic E-state index is 13.6. The minimum Gasteiger partial charge on any atom is -0.494 e. The van der Waals surface area contributed by atoms with Crippen LogP contribution >= 0.6 is 0 Å². The number of nitrogens with zero attached hydrogens (tertiary/aromatic N) is 1. The van der Waals surface area contributed by atoms with Crippen LogP contribution in [0.3, 0.4) is 0 Å². The van der Waals surface area contributed by atoms with Crippen molar-refractivity contribution >= 4 is 11.6 Å². The Hall–Kier alpha value is -1.66. The largest absolute Gasteiger partial charge is 0.494 e. The Balaban J connectivity index is 2.12. The molecule has 0 radical (unpaired) electrons. The van der Waals surface area contributed by atoms with Crippen LogP contribution in [0.4, 0.5) is 10.1 Å². The van der Waals surface area contributed by atoms with Crippen molar-refractivity contribution in [2.75, 3.05) is 19.1 Å². The molecule has 19 heavy (non-hydrogen) atoms. The van der Waals surface area contributed by atoms with E-state index in [1.165, 1.54) is 24.1 Å². The minimum absolute atomic E-state index is 0.0959. The molecule has 1 fully saturated rings. The Kier molecular flexibility index (Phi) is 4.01. The summed E-state index contributed by atoms with van der Waals surface area (Å²) >= 11 is 0. The number of carbonyl (C=O) groups excluding carboxylic acids is 1. The summed E-state index contributed by atoms with van der Waals surface area (Å²) in [7, 11) is 3.04.